The molecule has 5 nitrogen and oxygen atoms in total. The average Bonchev–Trinajstić information content (AvgIpc) is 2.57. The van der Waals surface area contributed by atoms with Gasteiger partial charge in [0.1, 0.15) is 0 Å². The molecule has 0 saturated heterocycles. The van der Waals surface area contributed by atoms with Crippen LogP contribution in [0.4, 0.5) is 0 Å². The van der Waals surface area contributed by atoms with Crippen LogP contribution < -0.4 is 0 Å². The number of rotatable bonds is 3. The Morgan fingerprint density at radius 1 is 1.62 bits per heavy atom. The molecular weight excluding hydrogens is 204 g/mol. The van der Waals surface area contributed by atoms with Crippen molar-refractivity contribution in [2.45, 2.75) is 20.8 Å². The Kier molecular flexibility index (Phi) is 3.67. The fraction of sp³-hybridized carbons (Fsp3) is 0.545. The van der Waals surface area contributed by atoms with Crippen molar-refractivity contribution in [3.63, 3.8) is 0 Å². The highest BCUT2D eigenvalue weighted by Crippen LogP contribution is 2.12. The van der Waals surface area contributed by atoms with Crippen LogP contribution >= 0.6 is 0 Å². The fourth-order valence-electron chi connectivity index (χ4n) is 1.59. The Balaban J connectivity index is 2.83. The molecule has 1 rings (SSSR count). The van der Waals surface area contributed by atoms with Gasteiger partial charge in [-0.15, -0.1) is 0 Å². The normalized spacial score (nSPS) is 11.9. The van der Waals surface area contributed by atoms with Gasteiger partial charge in [-0.1, -0.05) is 0 Å². The van der Waals surface area contributed by atoms with E-state index < -0.39 is 0 Å². The maximum Gasteiger partial charge on any atom is 0.257 e. The number of nitrogens with zero attached hydrogens (tertiary/aromatic N) is 3. The van der Waals surface area contributed by atoms with Crippen LogP contribution in [0.5, 0.6) is 0 Å². The third kappa shape index (κ3) is 2.40. The number of carbonyl (C=O) groups is 1. The molecule has 0 aromatic carbocycles. The molecule has 1 amide bonds. The van der Waals surface area contributed by atoms with E-state index in [4.69, 9.17) is 5.26 Å². The van der Waals surface area contributed by atoms with E-state index in [2.05, 4.69) is 16.3 Å². The highest BCUT2D eigenvalue weighted by atomic mass is 16.2. The van der Waals surface area contributed by atoms with E-state index in [-0.39, 0.29) is 11.8 Å². The Hall–Kier alpha value is -1.83. The number of aryl methyl sites for hydroxylation is 2. The molecule has 1 unspecified atom stereocenters. The van der Waals surface area contributed by atoms with Crippen LogP contribution in [0.15, 0.2) is 0 Å². The summed E-state index contributed by atoms with van der Waals surface area (Å²) in [7, 11) is 1.70. The van der Waals surface area contributed by atoms with Crippen LogP contribution in [-0.4, -0.2) is 34.6 Å². The first-order chi connectivity index (χ1) is 7.47. The Morgan fingerprint density at radius 3 is 2.69 bits per heavy atom. The van der Waals surface area contributed by atoms with E-state index in [0.717, 1.165) is 5.69 Å². The van der Waals surface area contributed by atoms with Gasteiger partial charge in [0.2, 0.25) is 0 Å². The van der Waals surface area contributed by atoms with Crippen LogP contribution in [0.1, 0.15) is 28.7 Å². The van der Waals surface area contributed by atoms with Crippen molar-refractivity contribution in [2.75, 3.05) is 13.6 Å². The van der Waals surface area contributed by atoms with Crippen molar-refractivity contribution in [3.05, 3.63) is 17.0 Å². The molecule has 86 valence electrons. The number of amides is 1. The third-order valence-electron chi connectivity index (χ3n) is 2.46. The molecule has 16 heavy (non-hydrogen) atoms. The molecule has 0 fully saturated rings. The molecule has 0 radical (unpaired) electrons. The van der Waals surface area contributed by atoms with Crippen LogP contribution in [0.25, 0.3) is 0 Å². The zero-order valence-electron chi connectivity index (χ0n) is 10.0. The topological polar surface area (TPSA) is 72.8 Å². The quantitative estimate of drug-likeness (QED) is 0.833. The van der Waals surface area contributed by atoms with E-state index in [1.807, 2.05) is 6.92 Å². The number of nitriles is 1. The minimum Gasteiger partial charge on any atom is -0.340 e. The Morgan fingerprint density at radius 2 is 2.25 bits per heavy atom. The summed E-state index contributed by atoms with van der Waals surface area (Å²) in [6, 6.07) is 2.11. The number of aromatic nitrogens is 2. The molecule has 1 aromatic rings. The van der Waals surface area contributed by atoms with Gasteiger partial charge in [-0.3, -0.25) is 9.89 Å². The van der Waals surface area contributed by atoms with Gasteiger partial charge in [0.05, 0.1) is 23.2 Å². The second kappa shape index (κ2) is 4.79. The molecule has 1 N–H and O–H groups in total. The van der Waals surface area contributed by atoms with Gasteiger partial charge in [0.15, 0.2) is 0 Å². The molecule has 0 aliphatic rings. The lowest BCUT2D eigenvalue weighted by atomic mass is 10.1. The average molecular weight is 220 g/mol. The number of H-pyrrole nitrogens is 1. The summed E-state index contributed by atoms with van der Waals surface area (Å²) >= 11 is 0. The van der Waals surface area contributed by atoms with Crippen LogP contribution in [0.3, 0.4) is 0 Å². The van der Waals surface area contributed by atoms with E-state index in [1.54, 1.807) is 25.8 Å². The third-order valence-corrected chi connectivity index (χ3v) is 2.46. The highest BCUT2D eigenvalue weighted by Gasteiger charge is 2.20. The summed E-state index contributed by atoms with van der Waals surface area (Å²) < 4.78 is 0. The largest absolute Gasteiger partial charge is 0.340 e. The van der Waals surface area contributed by atoms with Gasteiger partial charge < -0.3 is 4.90 Å². The predicted molar refractivity (Wildman–Crippen MR) is 59.8 cm³/mol. The fourth-order valence-corrected chi connectivity index (χ4v) is 1.59. The monoisotopic (exact) mass is 220 g/mol. The summed E-state index contributed by atoms with van der Waals surface area (Å²) in [4.78, 5) is 13.6. The summed E-state index contributed by atoms with van der Waals surface area (Å²) in [5.74, 6) is -0.257. The SMILES string of the molecule is Cc1n[nH]c(C)c1C(=O)N(C)CC(C)C#N. The summed E-state index contributed by atoms with van der Waals surface area (Å²) in [5, 5.41) is 15.5. The van der Waals surface area contributed by atoms with Gasteiger partial charge in [-0.2, -0.15) is 10.4 Å². The molecule has 1 heterocycles. The highest BCUT2D eigenvalue weighted by molar-refractivity contribution is 5.96. The van der Waals surface area contributed by atoms with E-state index in [1.165, 1.54) is 0 Å². The molecule has 1 aromatic heterocycles. The van der Waals surface area contributed by atoms with Gasteiger partial charge >= 0.3 is 0 Å². The van der Waals surface area contributed by atoms with Gasteiger partial charge in [0.25, 0.3) is 5.91 Å². The summed E-state index contributed by atoms with van der Waals surface area (Å²) in [6.07, 6.45) is 0. The number of carbonyl (C=O) groups excluding carboxylic acids is 1. The molecule has 1 atom stereocenters. The lowest BCUT2D eigenvalue weighted by molar-refractivity contribution is 0.0784. The van der Waals surface area contributed by atoms with Crippen molar-refractivity contribution >= 4 is 5.91 Å². The first-order valence-corrected chi connectivity index (χ1v) is 5.14. The smallest absolute Gasteiger partial charge is 0.257 e. The van der Waals surface area contributed by atoms with E-state index in [0.29, 0.717) is 17.8 Å². The van der Waals surface area contributed by atoms with E-state index >= 15 is 0 Å². The van der Waals surface area contributed by atoms with Crippen molar-refractivity contribution in [2.24, 2.45) is 5.92 Å². The molecular formula is C11H16N4O. The number of hydrogen-bond donors (Lipinski definition) is 1. The van der Waals surface area contributed by atoms with Gasteiger partial charge in [-0.05, 0) is 20.8 Å². The van der Waals surface area contributed by atoms with Gasteiger partial charge in [-0.25, -0.2) is 0 Å². The number of hydrogen-bond acceptors (Lipinski definition) is 3. The van der Waals surface area contributed by atoms with Crippen molar-refractivity contribution in [3.8, 4) is 6.07 Å². The number of aromatic amines is 1. The minimum atomic E-state index is -0.165. The molecule has 0 spiro atoms. The zero-order valence-corrected chi connectivity index (χ0v) is 10.0. The van der Waals surface area contributed by atoms with Crippen LogP contribution in [0.2, 0.25) is 0 Å². The second-order valence-corrected chi connectivity index (χ2v) is 4.02. The van der Waals surface area contributed by atoms with Crippen molar-refractivity contribution in [1.29, 1.82) is 5.26 Å². The first-order valence-electron chi connectivity index (χ1n) is 5.14. The summed E-state index contributed by atoms with van der Waals surface area (Å²) in [5.41, 5.74) is 2.06. The standard InChI is InChI=1S/C11H16N4O/c1-7(5-12)6-15(4)11(16)10-8(2)13-14-9(10)3/h7H,6H2,1-4H3,(H,13,14). The number of nitrogens with one attached hydrogen (secondary N) is 1. The molecule has 0 saturated carbocycles. The minimum absolute atomic E-state index is 0.0918. The Labute approximate surface area is 95.1 Å². The maximum absolute atomic E-state index is 12.1. The predicted octanol–water partition coefficient (Wildman–Crippen LogP) is 1.26. The van der Waals surface area contributed by atoms with Gasteiger partial charge in [0, 0.05) is 19.3 Å². The zero-order chi connectivity index (χ0) is 12.3. The van der Waals surface area contributed by atoms with Crippen molar-refractivity contribution < 1.29 is 4.79 Å². The van der Waals surface area contributed by atoms with Crippen molar-refractivity contribution in [1.82, 2.24) is 15.1 Å². The first kappa shape index (κ1) is 12.2. The summed E-state index contributed by atoms with van der Waals surface area (Å²) in [6.45, 7) is 5.82. The lowest BCUT2D eigenvalue weighted by Gasteiger charge is -2.18. The molecule has 5 heteroatoms. The second-order valence-electron chi connectivity index (χ2n) is 4.02. The lowest BCUT2D eigenvalue weighted by Crippen LogP contribution is -2.31. The van der Waals surface area contributed by atoms with Crippen LogP contribution in [0, 0.1) is 31.1 Å². The maximum atomic E-state index is 12.1. The molecule has 0 bridgehead atoms. The van der Waals surface area contributed by atoms with E-state index in [9.17, 15) is 4.79 Å². The Bertz CT molecular complexity index is 410. The molecule has 0 aliphatic carbocycles. The van der Waals surface area contributed by atoms with Crippen LogP contribution in [-0.2, 0) is 0 Å². The molecule has 0 aliphatic heterocycles.